The maximum absolute atomic E-state index is 13.4. The lowest BCUT2D eigenvalue weighted by atomic mass is 10.2. The molecule has 1 rings (SSSR count). The van der Waals surface area contributed by atoms with Crippen molar-refractivity contribution in [3.05, 3.63) is 29.3 Å². The summed E-state index contributed by atoms with van der Waals surface area (Å²) in [4.78, 5) is 14.4. The highest BCUT2D eigenvalue weighted by Gasteiger charge is 2.13. The van der Waals surface area contributed by atoms with Crippen LogP contribution in [0.4, 0.5) is 14.5 Å². The summed E-state index contributed by atoms with van der Waals surface area (Å²) in [6.07, 6.45) is 3.57. The number of nitrogens with zero attached hydrogens (tertiary/aromatic N) is 2. The Morgan fingerprint density at radius 1 is 1.59 bits per heavy atom. The summed E-state index contributed by atoms with van der Waals surface area (Å²) in [5.41, 5.74) is -0.512. The molecule has 88 valence electrons. The molecular formula is C10H7F2N3OS. The lowest BCUT2D eigenvalue weighted by Gasteiger charge is -2.04. The van der Waals surface area contributed by atoms with Gasteiger partial charge in [0.15, 0.2) is 29.3 Å². The number of nitriles is 1. The van der Waals surface area contributed by atoms with E-state index in [1.807, 2.05) is 0 Å². The van der Waals surface area contributed by atoms with E-state index >= 15 is 0 Å². The normalized spacial score (nSPS) is 10.8. The van der Waals surface area contributed by atoms with Gasteiger partial charge in [0.05, 0.1) is 0 Å². The fourth-order valence-corrected chi connectivity index (χ4v) is 1.37. The van der Waals surface area contributed by atoms with Crippen molar-refractivity contribution in [2.24, 2.45) is 4.99 Å². The summed E-state index contributed by atoms with van der Waals surface area (Å²) < 4.78 is 26.4. The average molecular weight is 255 g/mol. The summed E-state index contributed by atoms with van der Waals surface area (Å²) in [6.45, 7) is 0. The fraction of sp³-hybridized carbons (Fsp3) is 0.100. The minimum Gasteiger partial charge on any atom is -0.298 e. The van der Waals surface area contributed by atoms with Crippen molar-refractivity contribution in [3.8, 4) is 6.19 Å². The molecule has 0 radical (unpaired) electrons. The number of benzene rings is 1. The van der Waals surface area contributed by atoms with Crippen LogP contribution in [0.3, 0.4) is 0 Å². The fourth-order valence-electron chi connectivity index (χ4n) is 1.04. The quantitative estimate of drug-likeness (QED) is 0.289. The second kappa shape index (κ2) is 5.96. The van der Waals surface area contributed by atoms with Crippen LogP contribution in [0.25, 0.3) is 0 Å². The van der Waals surface area contributed by atoms with Crippen molar-refractivity contribution in [2.75, 3.05) is 6.26 Å². The summed E-state index contributed by atoms with van der Waals surface area (Å²) in [7, 11) is 0. The Balaban J connectivity index is 3.34. The van der Waals surface area contributed by atoms with Gasteiger partial charge in [-0.25, -0.2) is 13.8 Å². The number of carbonyl (C=O) groups excluding carboxylic acids is 1. The third-order valence-corrected chi connectivity index (χ3v) is 2.38. The first kappa shape index (κ1) is 13.1. The molecule has 7 heteroatoms. The molecule has 0 atom stereocenters. The predicted octanol–water partition coefficient (Wildman–Crippen LogP) is 2.20. The van der Waals surface area contributed by atoms with Crippen LogP contribution >= 0.6 is 11.8 Å². The zero-order chi connectivity index (χ0) is 12.8. The number of aldehydes is 1. The zero-order valence-corrected chi connectivity index (χ0v) is 9.52. The summed E-state index contributed by atoms with van der Waals surface area (Å²) in [6, 6.07) is 1.96. The van der Waals surface area contributed by atoms with Gasteiger partial charge < -0.3 is 0 Å². The summed E-state index contributed by atoms with van der Waals surface area (Å²) >= 11 is 1.03. The van der Waals surface area contributed by atoms with Crippen molar-refractivity contribution in [1.82, 2.24) is 5.32 Å². The van der Waals surface area contributed by atoms with Crippen LogP contribution in [0.1, 0.15) is 10.4 Å². The minimum absolute atomic E-state index is 0.0695. The van der Waals surface area contributed by atoms with Gasteiger partial charge in [0.2, 0.25) is 0 Å². The van der Waals surface area contributed by atoms with E-state index in [1.54, 1.807) is 12.4 Å². The molecule has 0 aromatic heterocycles. The molecule has 1 aromatic rings. The van der Waals surface area contributed by atoms with E-state index in [1.165, 1.54) is 0 Å². The van der Waals surface area contributed by atoms with Crippen LogP contribution in [0.15, 0.2) is 17.1 Å². The molecule has 0 aliphatic rings. The van der Waals surface area contributed by atoms with Crippen LogP contribution in [0.5, 0.6) is 0 Å². The van der Waals surface area contributed by atoms with Crippen LogP contribution in [0.2, 0.25) is 0 Å². The second-order valence-corrected chi connectivity index (χ2v) is 3.57. The van der Waals surface area contributed by atoms with Crippen LogP contribution in [-0.2, 0) is 0 Å². The highest BCUT2D eigenvalue weighted by Crippen LogP contribution is 2.25. The lowest BCUT2D eigenvalue weighted by Crippen LogP contribution is -2.13. The average Bonchev–Trinajstić information content (AvgIpc) is 2.34. The molecule has 0 unspecified atom stereocenters. The molecule has 0 saturated carbocycles. The van der Waals surface area contributed by atoms with Gasteiger partial charge in [-0.3, -0.25) is 10.1 Å². The molecule has 4 nitrogen and oxygen atoms in total. The van der Waals surface area contributed by atoms with E-state index in [9.17, 15) is 13.6 Å². The number of aliphatic imine (C=N–C) groups is 1. The maximum Gasteiger partial charge on any atom is 0.185 e. The monoisotopic (exact) mass is 255 g/mol. The number of rotatable bonds is 2. The second-order valence-electron chi connectivity index (χ2n) is 2.77. The molecule has 0 aliphatic carbocycles. The first-order chi connectivity index (χ1) is 8.13. The number of carbonyl (C=O) groups is 1. The van der Waals surface area contributed by atoms with Gasteiger partial charge >= 0.3 is 0 Å². The number of nitrogens with one attached hydrogen (secondary N) is 1. The standard InChI is InChI=1S/C10H7F2N3OS/c1-17-10(14-5-13)15-9-6(4-16)2-3-7(11)8(9)12/h2-4H,1H3,(H,14,15). The van der Waals surface area contributed by atoms with E-state index < -0.39 is 17.3 Å². The number of hydrogen-bond acceptors (Lipinski definition) is 4. The molecule has 0 fully saturated rings. The van der Waals surface area contributed by atoms with E-state index in [4.69, 9.17) is 5.26 Å². The van der Waals surface area contributed by atoms with Gasteiger partial charge in [-0.2, -0.15) is 5.26 Å². The first-order valence-electron chi connectivity index (χ1n) is 4.35. The largest absolute Gasteiger partial charge is 0.298 e. The van der Waals surface area contributed by atoms with Gasteiger partial charge in [-0.05, 0) is 18.4 Å². The van der Waals surface area contributed by atoms with E-state index in [-0.39, 0.29) is 10.7 Å². The summed E-state index contributed by atoms with van der Waals surface area (Å²) in [5, 5.41) is 10.7. The van der Waals surface area contributed by atoms with Crippen molar-refractivity contribution in [3.63, 3.8) is 0 Å². The number of halogens is 2. The molecule has 1 aromatic carbocycles. The molecular weight excluding hydrogens is 248 g/mol. The molecule has 0 aliphatic heterocycles. The van der Waals surface area contributed by atoms with Crippen molar-refractivity contribution < 1.29 is 13.6 Å². The minimum atomic E-state index is -1.22. The SMILES string of the molecule is CSC(=Nc1c(C=O)ccc(F)c1F)NC#N. The van der Waals surface area contributed by atoms with Gasteiger partial charge in [0, 0.05) is 5.56 Å². The Labute approximate surface area is 100 Å². The Kier molecular flexibility index (Phi) is 4.60. The van der Waals surface area contributed by atoms with Crippen molar-refractivity contribution in [2.45, 2.75) is 0 Å². The molecule has 0 spiro atoms. The number of thioether (sulfide) groups is 1. The van der Waals surface area contributed by atoms with E-state index in [0.717, 1.165) is 23.9 Å². The van der Waals surface area contributed by atoms with Gasteiger partial charge in [0.25, 0.3) is 0 Å². The van der Waals surface area contributed by atoms with Crippen LogP contribution in [-0.4, -0.2) is 17.7 Å². The molecule has 0 amide bonds. The van der Waals surface area contributed by atoms with E-state index in [2.05, 4.69) is 10.3 Å². The Bertz CT molecular complexity index is 511. The molecule has 17 heavy (non-hydrogen) atoms. The van der Waals surface area contributed by atoms with Crippen LogP contribution < -0.4 is 5.32 Å². The third-order valence-electron chi connectivity index (χ3n) is 1.80. The highest BCUT2D eigenvalue weighted by atomic mass is 32.2. The Hall–Kier alpha value is -1.94. The molecule has 0 saturated heterocycles. The lowest BCUT2D eigenvalue weighted by molar-refractivity contribution is 0.112. The van der Waals surface area contributed by atoms with Crippen molar-refractivity contribution in [1.29, 1.82) is 5.26 Å². The van der Waals surface area contributed by atoms with E-state index in [0.29, 0.717) is 6.29 Å². The van der Waals surface area contributed by atoms with Crippen LogP contribution in [0, 0.1) is 23.1 Å². The Morgan fingerprint density at radius 2 is 2.29 bits per heavy atom. The van der Waals surface area contributed by atoms with Gasteiger partial charge in [-0.15, -0.1) is 0 Å². The molecule has 1 N–H and O–H groups in total. The maximum atomic E-state index is 13.4. The van der Waals surface area contributed by atoms with Crippen molar-refractivity contribution >= 4 is 28.9 Å². The smallest absolute Gasteiger partial charge is 0.185 e. The van der Waals surface area contributed by atoms with Gasteiger partial charge in [0.1, 0.15) is 5.69 Å². The highest BCUT2D eigenvalue weighted by molar-refractivity contribution is 8.13. The number of hydrogen-bond donors (Lipinski definition) is 1. The first-order valence-corrected chi connectivity index (χ1v) is 5.57. The zero-order valence-electron chi connectivity index (χ0n) is 8.70. The topological polar surface area (TPSA) is 65.2 Å². The molecule has 0 heterocycles. The summed E-state index contributed by atoms with van der Waals surface area (Å²) in [5.74, 6) is -2.33. The van der Waals surface area contributed by atoms with Gasteiger partial charge in [-0.1, -0.05) is 11.8 Å². The number of amidine groups is 1. The third kappa shape index (κ3) is 3.01. The molecule has 0 bridgehead atoms. The predicted molar refractivity (Wildman–Crippen MR) is 61.1 cm³/mol. The Morgan fingerprint density at radius 3 is 2.82 bits per heavy atom.